The number of aromatic nitrogens is 3. The van der Waals surface area contributed by atoms with Gasteiger partial charge < -0.3 is 39.6 Å². The van der Waals surface area contributed by atoms with Crippen LogP contribution in [0, 0.1) is 11.8 Å². The van der Waals surface area contributed by atoms with E-state index < -0.39 is 0 Å². The van der Waals surface area contributed by atoms with Gasteiger partial charge in [0.15, 0.2) is 0 Å². The van der Waals surface area contributed by atoms with Gasteiger partial charge in [0.25, 0.3) is 0 Å². The van der Waals surface area contributed by atoms with Crippen molar-refractivity contribution >= 4 is 17.8 Å². The lowest BCUT2D eigenvalue weighted by molar-refractivity contribution is 0.0138. The van der Waals surface area contributed by atoms with Crippen LogP contribution in [-0.4, -0.2) is 101 Å². The van der Waals surface area contributed by atoms with E-state index >= 15 is 0 Å². The topological polar surface area (TPSA) is 121 Å². The highest BCUT2D eigenvalue weighted by atomic mass is 16.5. The summed E-state index contributed by atoms with van der Waals surface area (Å²) in [7, 11) is 0. The van der Waals surface area contributed by atoms with Gasteiger partial charge in [-0.2, -0.15) is 15.0 Å². The maximum Gasteiger partial charge on any atom is 0.229 e. The van der Waals surface area contributed by atoms with E-state index in [2.05, 4.69) is 50.6 Å². The summed E-state index contributed by atoms with van der Waals surface area (Å²) in [5, 5.41) is 10.4. The minimum Gasteiger partial charge on any atom is -0.381 e. The Bertz CT molecular complexity index is 1250. The zero-order chi connectivity index (χ0) is 56.7. The molecule has 0 fully saturated rings. The number of hydrogen-bond acceptors (Lipinski definition) is 11. The zero-order valence-electron chi connectivity index (χ0n) is 53.5. The van der Waals surface area contributed by atoms with Gasteiger partial charge in [0.1, 0.15) is 0 Å². The van der Waals surface area contributed by atoms with Gasteiger partial charge in [0, 0.05) is 59.3 Å². The Morgan fingerprint density at radius 1 is 0.241 bits per heavy atom. The largest absolute Gasteiger partial charge is 0.381 e. The van der Waals surface area contributed by atoms with Crippen LogP contribution >= 0.6 is 0 Å². The summed E-state index contributed by atoms with van der Waals surface area (Å²) in [5.74, 6) is 3.10. The van der Waals surface area contributed by atoms with Crippen LogP contribution in [0.15, 0.2) is 0 Å². The molecule has 11 nitrogen and oxygen atoms in total. The van der Waals surface area contributed by atoms with E-state index in [-0.39, 0.29) is 0 Å². The molecule has 0 aliphatic heterocycles. The average Bonchev–Trinajstić information content (AvgIpc) is 3.45. The van der Waals surface area contributed by atoms with Gasteiger partial charge in [-0.3, -0.25) is 0 Å². The normalized spacial score (nSPS) is 12.4. The van der Waals surface area contributed by atoms with E-state index in [1.54, 1.807) is 0 Å². The van der Waals surface area contributed by atoms with Crippen molar-refractivity contribution in [2.45, 2.75) is 324 Å². The standard InChI is InChI=1S/C68H136N6O5/c1-6-11-16-21-26-29-30-33-38-43-54-75-58-60-77-61-59-76-55-44-51-69-66-72-67(70-52-45-56-78-62-64(47-39-34-24-19-14-9-4)49-41-36-31-27-22-17-12-7-2)74-68(73-66)71-53-46-57-79-63-65(48-40-35-25-20-15-10-5)50-42-37-32-28-23-18-13-8-3/h64-65H,6-63H2,1-5H3,(H3,69,70,71,72,73,74). The smallest absolute Gasteiger partial charge is 0.229 e. The fourth-order valence-electron chi connectivity index (χ4n) is 10.7. The molecule has 0 saturated carbocycles. The van der Waals surface area contributed by atoms with Crippen molar-refractivity contribution < 1.29 is 23.7 Å². The minimum atomic E-state index is 0.575. The third-order valence-corrected chi connectivity index (χ3v) is 15.8. The molecule has 2 atom stereocenters. The van der Waals surface area contributed by atoms with Crippen molar-refractivity contribution in [2.24, 2.45) is 11.8 Å². The first-order valence-electron chi connectivity index (χ1n) is 35.0. The molecule has 0 aliphatic carbocycles. The summed E-state index contributed by atoms with van der Waals surface area (Å²) in [6.45, 7) is 20.9. The highest BCUT2D eigenvalue weighted by Crippen LogP contribution is 2.22. The van der Waals surface area contributed by atoms with Crippen molar-refractivity contribution in [3.63, 3.8) is 0 Å². The number of nitrogens with one attached hydrogen (secondary N) is 3. The number of anilines is 3. The summed E-state index contributed by atoms with van der Waals surface area (Å²) < 4.78 is 30.2. The van der Waals surface area contributed by atoms with Gasteiger partial charge in [0.05, 0.1) is 26.4 Å². The number of unbranched alkanes of at least 4 members (excludes halogenated alkanes) is 33. The summed E-state index contributed by atoms with van der Waals surface area (Å²) in [6, 6.07) is 0. The molecule has 0 aliphatic rings. The summed E-state index contributed by atoms with van der Waals surface area (Å²) in [4.78, 5) is 14.4. The van der Waals surface area contributed by atoms with Crippen molar-refractivity contribution in [2.75, 3.05) is 102 Å². The fraction of sp³-hybridized carbons (Fsp3) is 0.956. The first-order valence-corrected chi connectivity index (χ1v) is 35.0. The monoisotopic (exact) mass is 1120 g/mol. The van der Waals surface area contributed by atoms with E-state index in [4.69, 9.17) is 38.6 Å². The Balaban J connectivity index is 2.62. The van der Waals surface area contributed by atoms with Crippen molar-refractivity contribution in [1.29, 1.82) is 0 Å². The highest BCUT2D eigenvalue weighted by Gasteiger charge is 2.12. The molecular formula is C68H136N6O5. The molecule has 0 saturated heterocycles. The fourth-order valence-corrected chi connectivity index (χ4v) is 10.7. The summed E-state index contributed by atoms with van der Waals surface area (Å²) >= 11 is 0. The second-order valence-corrected chi connectivity index (χ2v) is 23.7. The van der Waals surface area contributed by atoms with Crippen LogP contribution < -0.4 is 16.0 Å². The zero-order valence-corrected chi connectivity index (χ0v) is 53.5. The van der Waals surface area contributed by atoms with Gasteiger partial charge >= 0.3 is 0 Å². The van der Waals surface area contributed by atoms with Gasteiger partial charge in [-0.1, -0.05) is 272 Å². The molecule has 0 spiro atoms. The van der Waals surface area contributed by atoms with Crippen LogP contribution in [0.3, 0.4) is 0 Å². The van der Waals surface area contributed by atoms with Gasteiger partial charge in [-0.15, -0.1) is 0 Å². The predicted octanol–water partition coefficient (Wildman–Crippen LogP) is 20.1. The number of rotatable bonds is 68. The Morgan fingerprint density at radius 3 is 0.734 bits per heavy atom. The van der Waals surface area contributed by atoms with Crippen molar-refractivity contribution in [3.05, 3.63) is 0 Å². The second kappa shape index (κ2) is 63.8. The van der Waals surface area contributed by atoms with Crippen LogP contribution in [-0.2, 0) is 23.7 Å². The Hall–Kier alpha value is -1.79. The van der Waals surface area contributed by atoms with E-state index in [9.17, 15) is 0 Å². The molecule has 0 bridgehead atoms. The maximum atomic E-state index is 6.38. The van der Waals surface area contributed by atoms with Crippen molar-refractivity contribution in [1.82, 2.24) is 15.0 Å². The van der Waals surface area contributed by atoms with E-state index in [1.165, 1.54) is 263 Å². The van der Waals surface area contributed by atoms with E-state index in [1.807, 2.05) is 0 Å². The van der Waals surface area contributed by atoms with E-state index in [0.717, 1.165) is 71.8 Å². The lowest BCUT2D eigenvalue weighted by Crippen LogP contribution is -2.17. The first kappa shape index (κ1) is 75.2. The molecule has 79 heavy (non-hydrogen) atoms. The molecule has 1 aromatic rings. The molecule has 1 heterocycles. The Labute approximate surface area is 491 Å². The van der Waals surface area contributed by atoms with Gasteiger partial charge in [-0.25, -0.2) is 0 Å². The summed E-state index contributed by atoms with van der Waals surface area (Å²) in [6.07, 6.45) is 59.7. The SMILES string of the molecule is CCCCCCCCCCCCOCCOCCOCCCNc1nc(NCCCOCC(CCCCCCCC)CCCCCCCCCC)nc(NCCCOCC(CCCCCCCC)CCCCCCCCCC)n1. The van der Waals surface area contributed by atoms with E-state index in [0.29, 0.717) is 69.3 Å². The molecule has 11 heteroatoms. The Kier molecular flexibility index (Phi) is 60.7. The van der Waals surface area contributed by atoms with Crippen molar-refractivity contribution in [3.8, 4) is 0 Å². The van der Waals surface area contributed by atoms with Gasteiger partial charge in [-0.05, 0) is 63.2 Å². The molecule has 3 N–H and O–H groups in total. The van der Waals surface area contributed by atoms with Crippen LogP contribution in [0.1, 0.15) is 324 Å². The Morgan fingerprint density at radius 2 is 0.456 bits per heavy atom. The molecule has 2 unspecified atom stereocenters. The summed E-state index contributed by atoms with van der Waals surface area (Å²) in [5.41, 5.74) is 0. The van der Waals surface area contributed by atoms with Crippen LogP contribution in [0.25, 0.3) is 0 Å². The number of nitrogens with zero attached hydrogens (tertiary/aromatic N) is 3. The molecule has 1 rings (SSSR count). The lowest BCUT2D eigenvalue weighted by Gasteiger charge is -2.18. The predicted molar refractivity (Wildman–Crippen MR) is 343 cm³/mol. The van der Waals surface area contributed by atoms with Gasteiger partial charge in [0.2, 0.25) is 17.8 Å². The lowest BCUT2D eigenvalue weighted by atomic mass is 9.94. The number of hydrogen-bond donors (Lipinski definition) is 3. The molecule has 468 valence electrons. The maximum absolute atomic E-state index is 6.38. The quantitative estimate of drug-likeness (QED) is 0.0541. The molecule has 0 radical (unpaired) electrons. The minimum absolute atomic E-state index is 0.575. The molecule has 0 aromatic carbocycles. The average molecular weight is 1120 g/mol. The third-order valence-electron chi connectivity index (χ3n) is 15.8. The molecular weight excluding hydrogens is 981 g/mol. The van der Waals surface area contributed by atoms with Crippen LogP contribution in [0.5, 0.6) is 0 Å². The molecule has 1 aromatic heterocycles. The second-order valence-electron chi connectivity index (χ2n) is 23.7. The van der Waals surface area contributed by atoms with Crippen LogP contribution in [0.2, 0.25) is 0 Å². The highest BCUT2D eigenvalue weighted by molar-refractivity contribution is 5.42. The third kappa shape index (κ3) is 55.2. The number of ether oxygens (including phenoxy) is 5. The molecule has 0 amide bonds. The van der Waals surface area contributed by atoms with Crippen LogP contribution in [0.4, 0.5) is 17.8 Å². The first-order chi connectivity index (χ1) is 39.2.